The van der Waals surface area contributed by atoms with Crippen LogP contribution in [0.1, 0.15) is 41.6 Å². The average molecular weight is 524 g/mol. The standard InChI is InChI=1S/C24H33N3O6S2/c1-19-8-11-22(35(31,32)27-15-6-4-5-7-16-27)18-23(19)24(28)25-14-17-33-20-9-12-21(13-10-20)34(29,30)26(2)3/h8-13,18H,4-7,14-17H2,1-3H3,(H,25,28). The summed E-state index contributed by atoms with van der Waals surface area (Å²) in [6, 6.07) is 10.7. The first-order valence-corrected chi connectivity index (χ1v) is 14.5. The Bertz CT molecular complexity index is 1230. The van der Waals surface area contributed by atoms with E-state index in [9.17, 15) is 21.6 Å². The Hall–Kier alpha value is -2.47. The lowest BCUT2D eigenvalue weighted by Gasteiger charge is -2.20. The van der Waals surface area contributed by atoms with Gasteiger partial charge in [-0.25, -0.2) is 21.1 Å². The van der Waals surface area contributed by atoms with E-state index in [1.807, 2.05) is 0 Å². The number of hydrogen-bond donors (Lipinski definition) is 1. The van der Waals surface area contributed by atoms with E-state index in [2.05, 4.69) is 5.32 Å². The van der Waals surface area contributed by atoms with Crippen LogP contribution in [0.15, 0.2) is 52.3 Å². The van der Waals surface area contributed by atoms with Gasteiger partial charge in [-0.05, 0) is 61.7 Å². The summed E-state index contributed by atoms with van der Waals surface area (Å²) in [4.78, 5) is 13.0. The smallest absolute Gasteiger partial charge is 0.251 e. The van der Waals surface area contributed by atoms with Crippen molar-refractivity contribution in [3.63, 3.8) is 0 Å². The van der Waals surface area contributed by atoms with Crippen LogP contribution in [0, 0.1) is 6.92 Å². The number of nitrogens with zero attached hydrogens (tertiary/aromatic N) is 2. The number of carbonyl (C=O) groups excluding carboxylic acids is 1. The van der Waals surface area contributed by atoms with Gasteiger partial charge in [0, 0.05) is 32.7 Å². The number of aryl methyl sites for hydroxylation is 1. The molecule has 0 aromatic heterocycles. The lowest BCUT2D eigenvalue weighted by Crippen LogP contribution is -2.32. The van der Waals surface area contributed by atoms with E-state index in [1.165, 1.54) is 36.6 Å². The summed E-state index contributed by atoms with van der Waals surface area (Å²) in [5, 5.41) is 2.75. The highest BCUT2D eigenvalue weighted by Gasteiger charge is 2.26. The molecule has 192 valence electrons. The SMILES string of the molecule is Cc1ccc(S(=O)(=O)N2CCCCCC2)cc1C(=O)NCCOc1ccc(S(=O)(=O)N(C)C)cc1. The van der Waals surface area contributed by atoms with Gasteiger partial charge in [-0.2, -0.15) is 4.31 Å². The molecule has 0 spiro atoms. The van der Waals surface area contributed by atoms with E-state index in [0.29, 0.717) is 30.0 Å². The maximum absolute atomic E-state index is 13.1. The van der Waals surface area contributed by atoms with Crippen LogP contribution >= 0.6 is 0 Å². The van der Waals surface area contributed by atoms with Crippen LogP contribution in [0.3, 0.4) is 0 Å². The highest BCUT2D eigenvalue weighted by molar-refractivity contribution is 7.89. The van der Waals surface area contributed by atoms with Crippen molar-refractivity contribution in [2.24, 2.45) is 0 Å². The van der Waals surface area contributed by atoms with Gasteiger partial charge in [0.2, 0.25) is 20.0 Å². The van der Waals surface area contributed by atoms with Gasteiger partial charge in [0.25, 0.3) is 5.91 Å². The second-order valence-electron chi connectivity index (χ2n) is 8.66. The lowest BCUT2D eigenvalue weighted by atomic mass is 10.1. The lowest BCUT2D eigenvalue weighted by molar-refractivity contribution is 0.0946. The van der Waals surface area contributed by atoms with Crippen molar-refractivity contribution in [3.8, 4) is 5.75 Å². The first-order chi connectivity index (χ1) is 16.5. The van der Waals surface area contributed by atoms with Crippen LogP contribution in [0.4, 0.5) is 0 Å². The molecule has 9 nitrogen and oxygen atoms in total. The number of amides is 1. The van der Waals surface area contributed by atoms with E-state index in [4.69, 9.17) is 4.74 Å². The van der Waals surface area contributed by atoms with E-state index < -0.39 is 20.0 Å². The van der Waals surface area contributed by atoms with Crippen molar-refractivity contribution in [2.45, 2.75) is 42.4 Å². The van der Waals surface area contributed by atoms with Gasteiger partial charge in [0.1, 0.15) is 12.4 Å². The molecule has 1 amide bonds. The van der Waals surface area contributed by atoms with Crippen molar-refractivity contribution in [1.82, 2.24) is 13.9 Å². The summed E-state index contributed by atoms with van der Waals surface area (Å²) >= 11 is 0. The molecule has 2 aromatic rings. The van der Waals surface area contributed by atoms with Crippen LogP contribution in [-0.2, 0) is 20.0 Å². The minimum Gasteiger partial charge on any atom is -0.492 e. The fourth-order valence-corrected chi connectivity index (χ4v) is 6.23. The first kappa shape index (κ1) is 27.1. The summed E-state index contributed by atoms with van der Waals surface area (Å²) < 4.78 is 58.7. The van der Waals surface area contributed by atoms with E-state index in [1.54, 1.807) is 31.2 Å². The minimum absolute atomic E-state index is 0.124. The Kier molecular flexibility index (Phi) is 8.92. The molecule has 1 fully saturated rings. The molecule has 35 heavy (non-hydrogen) atoms. The van der Waals surface area contributed by atoms with Gasteiger partial charge in [0.05, 0.1) is 16.3 Å². The zero-order chi connectivity index (χ0) is 25.6. The molecule has 0 unspecified atom stereocenters. The molecule has 1 aliphatic heterocycles. The zero-order valence-electron chi connectivity index (χ0n) is 20.4. The number of nitrogens with one attached hydrogen (secondary N) is 1. The number of sulfonamides is 2. The summed E-state index contributed by atoms with van der Waals surface area (Å²) in [5.41, 5.74) is 0.982. The zero-order valence-corrected chi connectivity index (χ0v) is 22.0. The van der Waals surface area contributed by atoms with Crippen molar-refractivity contribution in [1.29, 1.82) is 0 Å². The van der Waals surface area contributed by atoms with Gasteiger partial charge in [-0.1, -0.05) is 18.9 Å². The molecule has 11 heteroatoms. The van der Waals surface area contributed by atoms with Gasteiger partial charge in [-0.3, -0.25) is 4.79 Å². The molecule has 1 saturated heterocycles. The fraction of sp³-hybridized carbons (Fsp3) is 0.458. The molecule has 3 rings (SSSR count). The minimum atomic E-state index is -3.66. The Labute approximate surface area is 208 Å². The molecule has 2 aromatic carbocycles. The van der Waals surface area contributed by atoms with E-state index in [0.717, 1.165) is 30.0 Å². The van der Waals surface area contributed by atoms with Crippen molar-refractivity contribution < 1.29 is 26.4 Å². The monoisotopic (exact) mass is 523 g/mol. The average Bonchev–Trinajstić information content (AvgIpc) is 3.12. The Morgan fingerprint density at radius 3 is 2.14 bits per heavy atom. The van der Waals surface area contributed by atoms with Crippen molar-refractivity contribution >= 4 is 26.0 Å². The normalized spacial score (nSPS) is 15.5. The van der Waals surface area contributed by atoms with Crippen LogP contribution in [0.25, 0.3) is 0 Å². The summed E-state index contributed by atoms with van der Waals surface area (Å²) in [6.45, 7) is 3.11. The topological polar surface area (TPSA) is 113 Å². The predicted molar refractivity (Wildman–Crippen MR) is 134 cm³/mol. The second-order valence-corrected chi connectivity index (χ2v) is 12.7. The third-order valence-electron chi connectivity index (χ3n) is 5.92. The summed E-state index contributed by atoms with van der Waals surface area (Å²) in [7, 11) is -4.24. The van der Waals surface area contributed by atoms with E-state index in [-0.39, 0.29) is 28.8 Å². The van der Waals surface area contributed by atoms with Crippen LogP contribution < -0.4 is 10.1 Å². The van der Waals surface area contributed by atoms with Gasteiger partial charge < -0.3 is 10.1 Å². The maximum atomic E-state index is 13.1. The van der Waals surface area contributed by atoms with Gasteiger partial charge in [-0.15, -0.1) is 0 Å². The number of hydrogen-bond acceptors (Lipinski definition) is 6. The molecule has 0 radical (unpaired) electrons. The quantitative estimate of drug-likeness (QED) is 0.506. The summed E-state index contributed by atoms with van der Waals surface area (Å²) in [5.74, 6) is 0.0881. The second kappa shape index (κ2) is 11.5. The molecular weight excluding hydrogens is 490 g/mol. The third-order valence-corrected chi connectivity index (χ3v) is 9.64. The van der Waals surface area contributed by atoms with Crippen molar-refractivity contribution in [3.05, 3.63) is 53.6 Å². The van der Waals surface area contributed by atoms with Gasteiger partial charge >= 0.3 is 0 Å². The molecule has 1 aliphatic rings. The molecule has 0 bridgehead atoms. The molecule has 0 saturated carbocycles. The summed E-state index contributed by atoms with van der Waals surface area (Å²) in [6.07, 6.45) is 3.73. The first-order valence-electron chi connectivity index (χ1n) is 11.6. The fourth-order valence-electron chi connectivity index (χ4n) is 3.78. The highest BCUT2D eigenvalue weighted by atomic mass is 32.2. The third kappa shape index (κ3) is 6.60. The highest BCUT2D eigenvalue weighted by Crippen LogP contribution is 2.23. The molecule has 0 aliphatic carbocycles. The van der Waals surface area contributed by atoms with E-state index >= 15 is 0 Å². The predicted octanol–water partition coefficient (Wildman–Crippen LogP) is 2.62. The molecule has 0 atom stereocenters. The largest absolute Gasteiger partial charge is 0.492 e. The molecule has 1 heterocycles. The molecule has 1 N–H and O–H groups in total. The number of ether oxygens (including phenoxy) is 1. The maximum Gasteiger partial charge on any atom is 0.251 e. The molecular formula is C24H33N3O6S2. The van der Waals surface area contributed by atoms with Crippen molar-refractivity contribution in [2.75, 3.05) is 40.3 Å². The van der Waals surface area contributed by atoms with Gasteiger partial charge in [0.15, 0.2) is 0 Å². The number of rotatable bonds is 9. The Morgan fingerprint density at radius 1 is 0.943 bits per heavy atom. The Morgan fingerprint density at radius 2 is 1.54 bits per heavy atom. The Balaban J connectivity index is 1.59. The number of carbonyl (C=O) groups is 1. The van der Waals surface area contributed by atoms with Crippen LogP contribution in [0.5, 0.6) is 5.75 Å². The van der Waals surface area contributed by atoms with Crippen LogP contribution in [-0.4, -0.2) is 71.7 Å². The number of benzene rings is 2. The van der Waals surface area contributed by atoms with Crippen LogP contribution in [0.2, 0.25) is 0 Å².